The lowest BCUT2D eigenvalue weighted by Crippen LogP contribution is -2.08. The number of hydrogen-bond acceptors (Lipinski definition) is 0. The Morgan fingerprint density at radius 1 is 1.20 bits per heavy atom. The van der Waals surface area contributed by atoms with Crippen molar-refractivity contribution in [2.75, 3.05) is 0 Å². The largest absolute Gasteiger partial charge is 0.207 e. The van der Waals surface area contributed by atoms with E-state index in [2.05, 4.69) is 33.8 Å². The van der Waals surface area contributed by atoms with Crippen LogP contribution in [0.3, 0.4) is 0 Å². The lowest BCUT2D eigenvalue weighted by molar-refractivity contribution is 0.497. The van der Waals surface area contributed by atoms with Gasteiger partial charge in [-0.1, -0.05) is 33.8 Å². The molecule has 0 heterocycles. The van der Waals surface area contributed by atoms with Gasteiger partial charge in [-0.05, 0) is 47.9 Å². The Kier molecular flexibility index (Phi) is 3.90. The van der Waals surface area contributed by atoms with E-state index in [0.29, 0.717) is 11.8 Å². The highest BCUT2D eigenvalue weighted by atomic mass is 19.1. The van der Waals surface area contributed by atoms with Gasteiger partial charge in [0.15, 0.2) is 0 Å². The normalized spacial score (nSPS) is 13.3. The molecule has 0 aromatic heterocycles. The summed E-state index contributed by atoms with van der Waals surface area (Å²) in [5.41, 5.74) is 3.09. The zero-order valence-corrected chi connectivity index (χ0v) is 10.4. The molecule has 1 atom stereocenters. The average Bonchev–Trinajstić information content (AvgIpc) is 2.15. The van der Waals surface area contributed by atoms with Gasteiger partial charge in [0, 0.05) is 0 Å². The molecule has 0 fully saturated rings. The molecule has 0 aliphatic heterocycles. The van der Waals surface area contributed by atoms with Crippen LogP contribution in [-0.2, 0) is 6.42 Å². The van der Waals surface area contributed by atoms with Gasteiger partial charge in [0.2, 0.25) is 0 Å². The van der Waals surface area contributed by atoms with E-state index in [-0.39, 0.29) is 5.82 Å². The lowest BCUT2D eigenvalue weighted by Gasteiger charge is -2.20. The summed E-state index contributed by atoms with van der Waals surface area (Å²) in [6, 6.07) is 3.75. The lowest BCUT2D eigenvalue weighted by atomic mass is 9.85. The third-order valence-corrected chi connectivity index (χ3v) is 3.20. The molecule has 1 unspecified atom stereocenters. The molecular formula is C14H21F. The number of benzene rings is 1. The van der Waals surface area contributed by atoms with Crippen molar-refractivity contribution < 1.29 is 4.39 Å². The minimum atomic E-state index is -0.0342. The molecule has 84 valence electrons. The second-order valence-corrected chi connectivity index (χ2v) is 4.71. The molecule has 0 amide bonds. The Morgan fingerprint density at radius 3 is 2.27 bits per heavy atom. The van der Waals surface area contributed by atoms with Gasteiger partial charge >= 0.3 is 0 Å². The zero-order chi connectivity index (χ0) is 11.6. The molecule has 0 aliphatic rings. The van der Waals surface area contributed by atoms with Gasteiger partial charge in [-0.25, -0.2) is 4.39 Å². The van der Waals surface area contributed by atoms with E-state index in [9.17, 15) is 4.39 Å². The molecule has 0 saturated carbocycles. The smallest absolute Gasteiger partial charge is 0.127 e. The monoisotopic (exact) mass is 208 g/mol. The zero-order valence-electron chi connectivity index (χ0n) is 10.4. The van der Waals surface area contributed by atoms with Crippen molar-refractivity contribution in [3.05, 3.63) is 34.6 Å². The Morgan fingerprint density at radius 2 is 1.80 bits per heavy atom. The van der Waals surface area contributed by atoms with Crippen molar-refractivity contribution in [2.24, 2.45) is 5.92 Å². The molecule has 0 nitrogen and oxygen atoms in total. The minimum Gasteiger partial charge on any atom is -0.207 e. The molecule has 1 aromatic carbocycles. The van der Waals surface area contributed by atoms with E-state index in [1.54, 1.807) is 6.07 Å². The molecule has 0 N–H and O–H groups in total. The van der Waals surface area contributed by atoms with Crippen LogP contribution in [0.5, 0.6) is 0 Å². The number of hydrogen-bond donors (Lipinski definition) is 0. The van der Waals surface area contributed by atoms with Crippen LogP contribution in [0.25, 0.3) is 0 Å². The van der Waals surface area contributed by atoms with Crippen LogP contribution in [0, 0.1) is 18.7 Å². The summed E-state index contributed by atoms with van der Waals surface area (Å²) in [6.07, 6.45) is 0.908. The highest BCUT2D eigenvalue weighted by molar-refractivity contribution is 5.35. The Balaban J connectivity index is 3.26. The molecular weight excluding hydrogens is 187 g/mol. The van der Waals surface area contributed by atoms with E-state index in [4.69, 9.17) is 0 Å². The van der Waals surface area contributed by atoms with Gasteiger partial charge < -0.3 is 0 Å². The summed E-state index contributed by atoms with van der Waals surface area (Å²) in [4.78, 5) is 0. The van der Waals surface area contributed by atoms with E-state index in [1.165, 1.54) is 0 Å². The van der Waals surface area contributed by atoms with Crippen molar-refractivity contribution in [3.8, 4) is 0 Å². The molecule has 1 rings (SSSR count). The van der Waals surface area contributed by atoms with Gasteiger partial charge in [0.25, 0.3) is 0 Å². The van der Waals surface area contributed by atoms with Gasteiger partial charge in [0.05, 0.1) is 0 Å². The van der Waals surface area contributed by atoms with Gasteiger partial charge in [-0.2, -0.15) is 0 Å². The highest BCUT2D eigenvalue weighted by Gasteiger charge is 2.18. The molecule has 1 aromatic rings. The fourth-order valence-corrected chi connectivity index (χ4v) is 1.96. The number of aryl methyl sites for hydroxylation is 2. The van der Waals surface area contributed by atoms with Crippen LogP contribution >= 0.6 is 0 Å². The Bertz CT molecular complexity index is 339. The maximum Gasteiger partial charge on any atom is 0.127 e. The first-order chi connectivity index (χ1) is 6.97. The quantitative estimate of drug-likeness (QED) is 0.688. The topological polar surface area (TPSA) is 0 Å². The van der Waals surface area contributed by atoms with E-state index in [0.717, 1.165) is 23.1 Å². The van der Waals surface area contributed by atoms with E-state index < -0.39 is 0 Å². The van der Waals surface area contributed by atoms with Crippen molar-refractivity contribution in [3.63, 3.8) is 0 Å². The first-order valence-electron chi connectivity index (χ1n) is 5.76. The molecule has 0 saturated heterocycles. The van der Waals surface area contributed by atoms with Crippen molar-refractivity contribution in [1.29, 1.82) is 0 Å². The maximum absolute atomic E-state index is 13.9. The summed E-state index contributed by atoms with van der Waals surface area (Å²) < 4.78 is 13.9. The summed E-state index contributed by atoms with van der Waals surface area (Å²) in [7, 11) is 0. The van der Waals surface area contributed by atoms with E-state index in [1.807, 2.05) is 6.92 Å². The van der Waals surface area contributed by atoms with E-state index >= 15 is 0 Å². The summed E-state index contributed by atoms with van der Waals surface area (Å²) in [5.74, 6) is 0.737. The van der Waals surface area contributed by atoms with Crippen molar-refractivity contribution in [2.45, 2.75) is 47.0 Å². The second-order valence-electron chi connectivity index (χ2n) is 4.71. The van der Waals surface area contributed by atoms with Crippen LogP contribution in [-0.4, -0.2) is 0 Å². The fraction of sp³-hybridized carbons (Fsp3) is 0.571. The summed E-state index contributed by atoms with van der Waals surface area (Å²) in [5, 5.41) is 0. The number of halogens is 1. The Hall–Kier alpha value is -0.850. The third-order valence-electron chi connectivity index (χ3n) is 3.20. The fourth-order valence-electron chi connectivity index (χ4n) is 1.96. The van der Waals surface area contributed by atoms with Crippen LogP contribution in [0.1, 0.15) is 50.3 Å². The van der Waals surface area contributed by atoms with Gasteiger partial charge in [0.1, 0.15) is 5.82 Å². The van der Waals surface area contributed by atoms with Gasteiger partial charge in [-0.15, -0.1) is 0 Å². The van der Waals surface area contributed by atoms with Crippen LogP contribution in [0.4, 0.5) is 4.39 Å². The second kappa shape index (κ2) is 4.78. The first-order valence-corrected chi connectivity index (χ1v) is 5.76. The van der Waals surface area contributed by atoms with Crippen molar-refractivity contribution >= 4 is 0 Å². The highest BCUT2D eigenvalue weighted by Crippen LogP contribution is 2.30. The van der Waals surface area contributed by atoms with Gasteiger partial charge in [-0.3, -0.25) is 0 Å². The SMILES string of the molecule is CCc1cc(C)cc(F)c1C(C)C(C)C. The third kappa shape index (κ3) is 2.58. The standard InChI is InChI=1S/C14H21F/c1-6-12-7-10(4)8-13(15)14(12)11(5)9(2)3/h7-9,11H,6H2,1-5H3. The Labute approximate surface area is 92.5 Å². The van der Waals surface area contributed by atoms with Crippen LogP contribution in [0.2, 0.25) is 0 Å². The summed E-state index contributed by atoms with van der Waals surface area (Å²) >= 11 is 0. The first kappa shape index (κ1) is 12.2. The molecule has 1 heteroatoms. The molecule has 15 heavy (non-hydrogen) atoms. The number of rotatable bonds is 3. The molecule has 0 spiro atoms. The minimum absolute atomic E-state index is 0.0342. The summed E-state index contributed by atoms with van der Waals surface area (Å²) in [6.45, 7) is 10.4. The molecule has 0 radical (unpaired) electrons. The average molecular weight is 208 g/mol. The molecule has 0 aliphatic carbocycles. The van der Waals surface area contributed by atoms with Crippen molar-refractivity contribution in [1.82, 2.24) is 0 Å². The maximum atomic E-state index is 13.9. The van der Waals surface area contributed by atoms with Crippen LogP contribution < -0.4 is 0 Å². The molecule has 0 bridgehead atoms. The predicted octanol–water partition coefficient (Wildman–Crippen LogP) is 4.46. The predicted molar refractivity (Wildman–Crippen MR) is 63.8 cm³/mol. The van der Waals surface area contributed by atoms with Crippen LogP contribution in [0.15, 0.2) is 12.1 Å².